The Morgan fingerprint density at radius 3 is 2.95 bits per heavy atom. The third-order valence-corrected chi connectivity index (χ3v) is 3.44. The van der Waals surface area contributed by atoms with Crippen molar-refractivity contribution in [3.8, 4) is 0 Å². The number of rotatable bonds is 5. The van der Waals surface area contributed by atoms with E-state index in [0.29, 0.717) is 22.1 Å². The van der Waals surface area contributed by atoms with Crippen LogP contribution < -0.4 is 5.43 Å². The van der Waals surface area contributed by atoms with E-state index in [9.17, 15) is 4.79 Å². The molecule has 2 aromatic heterocycles. The first-order chi connectivity index (χ1) is 10.0. The van der Waals surface area contributed by atoms with Crippen LogP contribution in [0.4, 0.5) is 0 Å². The first kappa shape index (κ1) is 15.5. The highest BCUT2D eigenvalue weighted by Crippen LogP contribution is 2.16. The Morgan fingerprint density at radius 2 is 2.24 bits per heavy atom. The SMILES string of the molecule is CCCC/C(C)=N/NC(=O)c1c(C)nc2ccc(Cl)cn12. The van der Waals surface area contributed by atoms with E-state index in [-0.39, 0.29) is 5.91 Å². The van der Waals surface area contributed by atoms with Crippen molar-refractivity contribution in [2.75, 3.05) is 0 Å². The van der Waals surface area contributed by atoms with Crippen LogP contribution in [0.3, 0.4) is 0 Å². The molecule has 0 fully saturated rings. The summed E-state index contributed by atoms with van der Waals surface area (Å²) in [4.78, 5) is 16.7. The predicted molar refractivity (Wildman–Crippen MR) is 85.0 cm³/mol. The van der Waals surface area contributed by atoms with Gasteiger partial charge in [-0.3, -0.25) is 9.20 Å². The fourth-order valence-corrected chi connectivity index (χ4v) is 2.26. The summed E-state index contributed by atoms with van der Waals surface area (Å²) in [6, 6.07) is 3.53. The molecule has 2 heterocycles. The van der Waals surface area contributed by atoms with Crippen LogP contribution in [0.15, 0.2) is 23.4 Å². The molecule has 0 aliphatic carbocycles. The molecule has 0 saturated heterocycles. The molecular formula is C15H19ClN4O. The average Bonchev–Trinajstić information content (AvgIpc) is 2.77. The van der Waals surface area contributed by atoms with Gasteiger partial charge < -0.3 is 0 Å². The van der Waals surface area contributed by atoms with Crippen molar-refractivity contribution in [1.82, 2.24) is 14.8 Å². The van der Waals surface area contributed by atoms with E-state index < -0.39 is 0 Å². The first-order valence-corrected chi connectivity index (χ1v) is 7.38. The number of halogens is 1. The lowest BCUT2D eigenvalue weighted by Crippen LogP contribution is -2.21. The molecule has 1 amide bonds. The van der Waals surface area contributed by atoms with Gasteiger partial charge in [0.05, 0.1) is 10.7 Å². The molecule has 2 rings (SSSR count). The molecule has 5 nitrogen and oxygen atoms in total. The zero-order valence-corrected chi connectivity index (χ0v) is 13.2. The van der Waals surface area contributed by atoms with Crippen molar-refractivity contribution >= 4 is 28.9 Å². The summed E-state index contributed by atoms with van der Waals surface area (Å²) in [5.74, 6) is -0.280. The van der Waals surface area contributed by atoms with Crippen LogP contribution in [0.5, 0.6) is 0 Å². The summed E-state index contributed by atoms with van der Waals surface area (Å²) in [7, 11) is 0. The summed E-state index contributed by atoms with van der Waals surface area (Å²) < 4.78 is 1.68. The number of hydrogen-bond acceptors (Lipinski definition) is 3. The molecule has 0 spiro atoms. The van der Waals surface area contributed by atoms with E-state index in [1.807, 2.05) is 6.92 Å². The van der Waals surface area contributed by atoms with Crippen LogP contribution in [-0.2, 0) is 0 Å². The first-order valence-electron chi connectivity index (χ1n) is 7.00. The van der Waals surface area contributed by atoms with Gasteiger partial charge in [-0.15, -0.1) is 0 Å². The van der Waals surface area contributed by atoms with E-state index in [0.717, 1.165) is 25.0 Å². The Labute approximate surface area is 129 Å². The lowest BCUT2D eigenvalue weighted by molar-refractivity contribution is 0.0948. The molecule has 0 aliphatic rings. The Bertz CT molecular complexity index is 690. The number of carbonyl (C=O) groups is 1. The van der Waals surface area contributed by atoms with Gasteiger partial charge in [0.25, 0.3) is 5.91 Å². The Balaban J connectivity index is 2.23. The maximum atomic E-state index is 12.3. The standard InChI is InChI=1S/C15H19ClN4O/c1-4-5-6-10(2)18-19-15(21)14-11(3)17-13-8-7-12(16)9-20(13)14/h7-9H,4-6H2,1-3H3,(H,19,21)/b18-10+. The van der Waals surface area contributed by atoms with Gasteiger partial charge in [0, 0.05) is 11.9 Å². The molecule has 0 aromatic carbocycles. The molecule has 0 atom stereocenters. The molecule has 6 heteroatoms. The van der Waals surface area contributed by atoms with Crippen LogP contribution in [0.25, 0.3) is 5.65 Å². The molecular weight excluding hydrogens is 288 g/mol. The number of unbranched alkanes of at least 4 members (excludes halogenated alkanes) is 1. The molecule has 0 unspecified atom stereocenters. The van der Waals surface area contributed by atoms with Crippen molar-refractivity contribution in [2.45, 2.75) is 40.0 Å². The van der Waals surface area contributed by atoms with Crippen LogP contribution in [0, 0.1) is 6.92 Å². The van der Waals surface area contributed by atoms with E-state index in [1.54, 1.807) is 29.7 Å². The average molecular weight is 307 g/mol. The monoisotopic (exact) mass is 306 g/mol. The summed E-state index contributed by atoms with van der Waals surface area (Å²) in [6.07, 6.45) is 4.73. The lowest BCUT2D eigenvalue weighted by Gasteiger charge is -2.04. The van der Waals surface area contributed by atoms with Crippen molar-refractivity contribution in [3.63, 3.8) is 0 Å². The number of hydrogen-bond donors (Lipinski definition) is 1. The fraction of sp³-hybridized carbons (Fsp3) is 0.400. The summed E-state index contributed by atoms with van der Waals surface area (Å²) >= 11 is 5.98. The second-order valence-corrected chi connectivity index (χ2v) is 5.45. The van der Waals surface area contributed by atoms with Crippen LogP contribution in [-0.4, -0.2) is 21.0 Å². The van der Waals surface area contributed by atoms with Crippen molar-refractivity contribution < 1.29 is 4.79 Å². The molecule has 112 valence electrons. The number of carbonyl (C=O) groups excluding carboxylic acids is 1. The number of amides is 1. The number of nitrogens with one attached hydrogen (secondary N) is 1. The number of aromatic nitrogens is 2. The van der Waals surface area contributed by atoms with Crippen LogP contribution in [0.2, 0.25) is 5.02 Å². The maximum absolute atomic E-state index is 12.3. The quantitative estimate of drug-likeness (QED) is 0.678. The zero-order chi connectivity index (χ0) is 15.4. The molecule has 0 aliphatic heterocycles. The maximum Gasteiger partial charge on any atom is 0.290 e. The Morgan fingerprint density at radius 1 is 1.48 bits per heavy atom. The highest BCUT2D eigenvalue weighted by Gasteiger charge is 2.16. The number of aryl methyl sites for hydroxylation is 1. The van der Waals surface area contributed by atoms with Gasteiger partial charge in [-0.2, -0.15) is 5.10 Å². The smallest absolute Gasteiger partial charge is 0.290 e. The van der Waals surface area contributed by atoms with E-state index in [1.165, 1.54) is 0 Å². The van der Waals surface area contributed by atoms with E-state index in [4.69, 9.17) is 11.6 Å². The predicted octanol–water partition coefficient (Wildman–Crippen LogP) is 3.59. The number of fused-ring (bicyclic) bond motifs is 1. The summed E-state index contributed by atoms with van der Waals surface area (Å²) in [5, 5.41) is 4.68. The van der Waals surface area contributed by atoms with Gasteiger partial charge in [-0.1, -0.05) is 24.9 Å². The number of hydrazone groups is 1. The zero-order valence-electron chi connectivity index (χ0n) is 12.5. The van der Waals surface area contributed by atoms with Crippen LogP contribution >= 0.6 is 11.6 Å². The molecule has 0 bridgehead atoms. The van der Waals surface area contributed by atoms with Crippen molar-refractivity contribution in [1.29, 1.82) is 0 Å². The minimum atomic E-state index is -0.280. The minimum absolute atomic E-state index is 0.280. The molecule has 21 heavy (non-hydrogen) atoms. The summed E-state index contributed by atoms with van der Waals surface area (Å²) in [5.41, 5.74) is 5.30. The van der Waals surface area contributed by atoms with Crippen molar-refractivity contribution in [3.05, 3.63) is 34.7 Å². The molecule has 1 N–H and O–H groups in total. The molecule has 0 saturated carbocycles. The van der Waals surface area contributed by atoms with Gasteiger partial charge in [-0.05, 0) is 38.8 Å². The Kier molecular flexibility index (Phi) is 4.96. The highest BCUT2D eigenvalue weighted by molar-refractivity contribution is 6.30. The topological polar surface area (TPSA) is 58.8 Å². The Hall–Kier alpha value is -1.88. The van der Waals surface area contributed by atoms with E-state index in [2.05, 4.69) is 22.4 Å². The largest absolute Gasteiger partial charge is 0.294 e. The number of nitrogens with zero attached hydrogens (tertiary/aromatic N) is 3. The summed E-state index contributed by atoms with van der Waals surface area (Å²) in [6.45, 7) is 5.83. The highest BCUT2D eigenvalue weighted by atomic mass is 35.5. The third-order valence-electron chi connectivity index (χ3n) is 3.21. The van der Waals surface area contributed by atoms with Gasteiger partial charge in [0.15, 0.2) is 0 Å². The van der Waals surface area contributed by atoms with Crippen LogP contribution in [0.1, 0.15) is 49.3 Å². The lowest BCUT2D eigenvalue weighted by atomic mass is 10.2. The number of pyridine rings is 1. The molecule has 2 aromatic rings. The third kappa shape index (κ3) is 3.61. The normalized spacial score (nSPS) is 11.9. The van der Waals surface area contributed by atoms with Crippen molar-refractivity contribution in [2.24, 2.45) is 5.10 Å². The number of imidazole rings is 1. The minimum Gasteiger partial charge on any atom is -0.294 e. The van der Waals surface area contributed by atoms with Gasteiger partial charge in [-0.25, -0.2) is 10.4 Å². The second-order valence-electron chi connectivity index (χ2n) is 5.01. The fourth-order valence-electron chi connectivity index (χ4n) is 2.10. The van der Waals surface area contributed by atoms with Gasteiger partial charge in [0.1, 0.15) is 11.3 Å². The van der Waals surface area contributed by atoms with E-state index >= 15 is 0 Å². The second kappa shape index (κ2) is 6.72. The van der Waals surface area contributed by atoms with Gasteiger partial charge >= 0.3 is 0 Å². The molecule has 0 radical (unpaired) electrons. The van der Waals surface area contributed by atoms with Gasteiger partial charge in [0.2, 0.25) is 0 Å².